The van der Waals surface area contributed by atoms with Crippen molar-refractivity contribution in [2.75, 3.05) is 33.8 Å². The highest BCUT2D eigenvalue weighted by atomic mass is 127. The highest BCUT2D eigenvalue weighted by Gasteiger charge is 2.25. The van der Waals surface area contributed by atoms with E-state index in [9.17, 15) is 4.79 Å². The van der Waals surface area contributed by atoms with Crippen LogP contribution in [0.3, 0.4) is 0 Å². The van der Waals surface area contributed by atoms with Gasteiger partial charge in [0.05, 0.1) is 6.10 Å². The van der Waals surface area contributed by atoms with Gasteiger partial charge in [0.1, 0.15) is 6.54 Å². The van der Waals surface area contributed by atoms with E-state index in [1.165, 1.54) is 25.7 Å². The number of ether oxygens (including phenoxy) is 1. The molecule has 0 aromatic heterocycles. The van der Waals surface area contributed by atoms with E-state index in [0.29, 0.717) is 24.0 Å². The van der Waals surface area contributed by atoms with E-state index in [4.69, 9.17) is 4.74 Å². The maximum absolute atomic E-state index is 11.8. The van der Waals surface area contributed by atoms with Crippen molar-refractivity contribution in [3.63, 3.8) is 0 Å². The fourth-order valence-electron chi connectivity index (χ4n) is 3.11. The molecule has 1 rings (SSSR count). The van der Waals surface area contributed by atoms with Crippen LogP contribution in [0.1, 0.15) is 59.3 Å². The van der Waals surface area contributed by atoms with E-state index in [-0.39, 0.29) is 36.4 Å². The topological polar surface area (TPSA) is 66.0 Å². The first-order valence-electron chi connectivity index (χ1n) is 9.84. The Hall–Kier alpha value is -0.570. The zero-order chi connectivity index (χ0) is 18.7. The molecule has 26 heavy (non-hydrogen) atoms. The Morgan fingerprint density at radius 2 is 1.92 bits per heavy atom. The van der Waals surface area contributed by atoms with Gasteiger partial charge in [-0.05, 0) is 45.4 Å². The number of nitrogens with one attached hydrogen (secondary N) is 2. The van der Waals surface area contributed by atoms with Crippen LogP contribution in [0.2, 0.25) is 0 Å². The molecule has 1 aliphatic rings. The minimum Gasteiger partial charge on any atom is -0.378 e. The van der Waals surface area contributed by atoms with E-state index < -0.39 is 0 Å². The van der Waals surface area contributed by atoms with Gasteiger partial charge >= 0.3 is 0 Å². The molecule has 0 aromatic rings. The summed E-state index contributed by atoms with van der Waals surface area (Å²) in [6.07, 6.45) is 7.54. The van der Waals surface area contributed by atoms with E-state index in [0.717, 1.165) is 26.0 Å². The highest BCUT2D eigenvalue weighted by Crippen LogP contribution is 2.30. The van der Waals surface area contributed by atoms with Crippen LogP contribution in [0.5, 0.6) is 0 Å². The molecule has 0 radical (unpaired) electrons. The van der Waals surface area contributed by atoms with Crippen LogP contribution in [0.15, 0.2) is 4.99 Å². The standard InChI is InChI=1S/C19H38N4O2.HI/c1-6-15(3)22-19(21-14-18(24)23(4)5)20-13-12-17(25-7-2)16-10-8-9-11-16;/h15-17H,6-14H2,1-5H3,(H2,20,21,22);1H. The zero-order valence-electron chi connectivity index (χ0n) is 17.2. The Kier molecular flexibility index (Phi) is 14.2. The number of carbonyl (C=O) groups is 1. The number of guanidine groups is 1. The van der Waals surface area contributed by atoms with Crippen LogP contribution in [0, 0.1) is 5.92 Å². The molecule has 154 valence electrons. The third-order valence-corrected chi connectivity index (χ3v) is 4.89. The van der Waals surface area contributed by atoms with Gasteiger partial charge in [-0.2, -0.15) is 0 Å². The monoisotopic (exact) mass is 482 g/mol. The molecule has 6 nitrogen and oxygen atoms in total. The maximum atomic E-state index is 11.8. The Balaban J connectivity index is 0.00000625. The molecule has 0 spiro atoms. The van der Waals surface area contributed by atoms with E-state index in [1.54, 1.807) is 19.0 Å². The third kappa shape index (κ3) is 9.94. The van der Waals surface area contributed by atoms with Crippen molar-refractivity contribution in [2.45, 2.75) is 71.4 Å². The van der Waals surface area contributed by atoms with Crippen molar-refractivity contribution in [3.8, 4) is 0 Å². The lowest BCUT2D eigenvalue weighted by atomic mass is 9.98. The number of rotatable bonds is 10. The second kappa shape index (κ2) is 14.5. The summed E-state index contributed by atoms with van der Waals surface area (Å²) in [6, 6.07) is 0.318. The van der Waals surface area contributed by atoms with Crippen LogP contribution in [-0.4, -0.2) is 62.7 Å². The number of aliphatic imine (C=N–C) groups is 1. The van der Waals surface area contributed by atoms with Gasteiger partial charge in [0, 0.05) is 33.3 Å². The lowest BCUT2D eigenvalue weighted by molar-refractivity contribution is -0.127. The molecule has 0 bridgehead atoms. The number of hydrogen-bond acceptors (Lipinski definition) is 3. The second-order valence-corrected chi connectivity index (χ2v) is 7.16. The number of hydrogen-bond donors (Lipinski definition) is 2. The molecular weight excluding hydrogens is 443 g/mol. The lowest BCUT2D eigenvalue weighted by Gasteiger charge is -2.24. The Bertz CT molecular complexity index is 412. The summed E-state index contributed by atoms with van der Waals surface area (Å²) in [5.74, 6) is 1.41. The largest absolute Gasteiger partial charge is 0.378 e. The Labute approximate surface area is 176 Å². The second-order valence-electron chi connectivity index (χ2n) is 7.16. The van der Waals surface area contributed by atoms with Gasteiger partial charge in [-0.1, -0.05) is 19.8 Å². The van der Waals surface area contributed by atoms with Gasteiger partial charge in [-0.25, -0.2) is 4.99 Å². The minimum absolute atomic E-state index is 0. The molecule has 7 heteroatoms. The van der Waals surface area contributed by atoms with Crippen molar-refractivity contribution in [1.82, 2.24) is 15.5 Å². The lowest BCUT2D eigenvalue weighted by Crippen LogP contribution is -2.44. The van der Waals surface area contributed by atoms with Gasteiger partial charge in [-0.3, -0.25) is 4.79 Å². The number of carbonyl (C=O) groups excluding carboxylic acids is 1. The first-order valence-corrected chi connectivity index (χ1v) is 9.84. The number of likely N-dealkylation sites (N-methyl/N-ethyl adjacent to an activating group) is 1. The summed E-state index contributed by atoms with van der Waals surface area (Å²) in [5, 5.41) is 6.74. The van der Waals surface area contributed by atoms with E-state index >= 15 is 0 Å². The number of amides is 1. The van der Waals surface area contributed by atoms with Crippen LogP contribution < -0.4 is 10.6 Å². The SMILES string of the molecule is CCOC(CCNC(=NCC(=O)N(C)C)NC(C)CC)C1CCCC1.I. The van der Waals surface area contributed by atoms with E-state index in [2.05, 4.69) is 36.4 Å². The molecule has 1 saturated carbocycles. The molecule has 0 heterocycles. The average Bonchev–Trinajstić information content (AvgIpc) is 3.12. The van der Waals surface area contributed by atoms with Gasteiger partial charge in [0.25, 0.3) is 0 Å². The molecule has 1 fully saturated rings. The summed E-state index contributed by atoms with van der Waals surface area (Å²) >= 11 is 0. The first-order chi connectivity index (χ1) is 12.0. The van der Waals surface area contributed by atoms with Crippen molar-refractivity contribution in [3.05, 3.63) is 0 Å². The molecule has 2 unspecified atom stereocenters. The zero-order valence-corrected chi connectivity index (χ0v) is 19.5. The quantitative estimate of drug-likeness (QED) is 0.286. The molecule has 1 amide bonds. The van der Waals surface area contributed by atoms with Crippen LogP contribution >= 0.6 is 24.0 Å². The molecule has 0 aromatic carbocycles. The first kappa shape index (κ1) is 25.4. The van der Waals surface area contributed by atoms with Crippen LogP contribution in [-0.2, 0) is 9.53 Å². The predicted octanol–water partition coefficient (Wildman–Crippen LogP) is 3.01. The Morgan fingerprint density at radius 3 is 2.46 bits per heavy atom. The van der Waals surface area contributed by atoms with Gasteiger partial charge in [0.2, 0.25) is 5.91 Å². The van der Waals surface area contributed by atoms with Crippen molar-refractivity contribution >= 4 is 35.8 Å². The Morgan fingerprint density at radius 1 is 1.27 bits per heavy atom. The average molecular weight is 482 g/mol. The molecule has 2 atom stereocenters. The van der Waals surface area contributed by atoms with Crippen molar-refractivity contribution in [2.24, 2.45) is 10.9 Å². The fourth-order valence-corrected chi connectivity index (χ4v) is 3.11. The van der Waals surface area contributed by atoms with Crippen molar-refractivity contribution in [1.29, 1.82) is 0 Å². The molecular formula is C19H39IN4O2. The third-order valence-electron chi connectivity index (χ3n) is 4.89. The summed E-state index contributed by atoms with van der Waals surface area (Å²) < 4.78 is 5.98. The van der Waals surface area contributed by atoms with Gasteiger partial charge in [0.15, 0.2) is 5.96 Å². The molecule has 2 N–H and O–H groups in total. The van der Waals surface area contributed by atoms with Gasteiger partial charge in [-0.15, -0.1) is 24.0 Å². The smallest absolute Gasteiger partial charge is 0.243 e. The summed E-state index contributed by atoms with van der Waals surface area (Å²) in [4.78, 5) is 17.8. The maximum Gasteiger partial charge on any atom is 0.243 e. The minimum atomic E-state index is 0. The normalized spacial score (nSPS) is 17.3. The van der Waals surface area contributed by atoms with Crippen LogP contribution in [0.4, 0.5) is 0 Å². The molecule has 0 saturated heterocycles. The highest BCUT2D eigenvalue weighted by molar-refractivity contribution is 14.0. The fraction of sp³-hybridized carbons (Fsp3) is 0.895. The molecule has 1 aliphatic carbocycles. The predicted molar refractivity (Wildman–Crippen MR) is 119 cm³/mol. The van der Waals surface area contributed by atoms with Gasteiger partial charge < -0.3 is 20.3 Å². The van der Waals surface area contributed by atoms with Crippen LogP contribution in [0.25, 0.3) is 0 Å². The summed E-state index contributed by atoms with van der Waals surface area (Å²) in [7, 11) is 3.50. The van der Waals surface area contributed by atoms with Crippen molar-refractivity contribution < 1.29 is 9.53 Å². The number of halogens is 1. The molecule has 0 aliphatic heterocycles. The number of nitrogens with zero attached hydrogens (tertiary/aromatic N) is 2. The van der Waals surface area contributed by atoms with E-state index in [1.807, 2.05) is 0 Å². The summed E-state index contributed by atoms with van der Waals surface area (Å²) in [6.45, 7) is 8.05. The summed E-state index contributed by atoms with van der Waals surface area (Å²) in [5.41, 5.74) is 0.